The molecule has 0 saturated carbocycles. The van der Waals surface area contributed by atoms with Crippen molar-refractivity contribution in [2.24, 2.45) is 4.99 Å². The molecule has 0 saturated heterocycles. The normalized spacial score (nSPS) is 11.6. The lowest BCUT2D eigenvalue weighted by atomic mass is 10.1. The van der Waals surface area contributed by atoms with Crippen LogP contribution in [0.2, 0.25) is 10.0 Å². The SMILES string of the molecule is Cc1ccc(N=c2oc3ccccc3cc2C(=O)Nc2ccc(Cl)cc2)cc1Cl. The Balaban J connectivity index is 1.83. The third kappa shape index (κ3) is 4.34. The number of hydrogen-bond donors (Lipinski definition) is 1. The second kappa shape index (κ2) is 8.11. The van der Waals surface area contributed by atoms with Gasteiger partial charge in [-0.05, 0) is 61.0 Å². The molecule has 1 N–H and O–H groups in total. The van der Waals surface area contributed by atoms with Crippen molar-refractivity contribution in [3.8, 4) is 0 Å². The summed E-state index contributed by atoms with van der Waals surface area (Å²) in [5, 5.41) is 4.84. The molecule has 0 aliphatic heterocycles. The summed E-state index contributed by atoms with van der Waals surface area (Å²) in [7, 11) is 0. The van der Waals surface area contributed by atoms with Crippen LogP contribution < -0.4 is 10.9 Å². The predicted molar refractivity (Wildman–Crippen MR) is 117 cm³/mol. The highest BCUT2D eigenvalue weighted by atomic mass is 35.5. The van der Waals surface area contributed by atoms with Crippen LogP contribution in [0.5, 0.6) is 0 Å². The number of halogens is 2. The maximum atomic E-state index is 13.0. The Hall–Kier alpha value is -3.08. The molecule has 0 aliphatic rings. The Morgan fingerprint density at radius 3 is 2.48 bits per heavy atom. The topological polar surface area (TPSA) is 54.6 Å². The van der Waals surface area contributed by atoms with Gasteiger partial charge in [-0.3, -0.25) is 4.79 Å². The molecule has 4 nitrogen and oxygen atoms in total. The number of amides is 1. The molecule has 0 atom stereocenters. The van der Waals surface area contributed by atoms with Crippen molar-refractivity contribution in [3.63, 3.8) is 0 Å². The zero-order chi connectivity index (χ0) is 20.4. The molecule has 144 valence electrons. The van der Waals surface area contributed by atoms with Crippen molar-refractivity contribution in [2.75, 3.05) is 5.32 Å². The van der Waals surface area contributed by atoms with Gasteiger partial charge in [0, 0.05) is 21.1 Å². The molecule has 1 amide bonds. The molecule has 4 aromatic rings. The molecule has 1 aromatic heterocycles. The van der Waals surface area contributed by atoms with Crippen LogP contribution in [-0.2, 0) is 0 Å². The lowest BCUT2D eigenvalue weighted by Gasteiger charge is -2.07. The van der Waals surface area contributed by atoms with E-state index in [0.717, 1.165) is 10.9 Å². The first-order chi connectivity index (χ1) is 14.0. The van der Waals surface area contributed by atoms with E-state index in [0.29, 0.717) is 32.6 Å². The first-order valence-corrected chi connectivity index (χ1v) is 9.66. The minimum absolute atomic E-state index is 0.204. The molecule has 0 unspecified atom stereocenters. The molecular weight excluding hydrogens is 407 g/mol. The average molecular weight is 423 g/mol. The number of fused-ring (bicyclic) bond motifs is 1. The van der Waals surface area contributed by atoms with Gasteiger partial charge in [-0.25, -0.2) is 4.99 Å². The molecule has 4 rings (SSSR count). The third-order valence-electron chi connectivity index (χ3n) is 4.39. The number of rotatable bonds is 3. The van der Waals surface area contributed by atoms with Crippen molar-refractivity contribution in [1.29, 1.82) is 0 Å². The number of nitrogens with zero attached hydrogens (tertiary/aromatic N) is 1. The van der Waals surface area contributed by atoms with Gasteiger partial charge < -0.3 is 9.73 Å². The Kier molecular flexibility index (Phi) is 5.38. The lowest BCUT2D eigenvalue weighted by molar-refractivity contribution is 0.102. The van der Waals surface area contributed by atoms with Crippen molar-refractivity contribution in [1.82, 2.24) is 0 Å². The van der Waals surface area contributed by atoms with Gasteiger partial charge in [-0.2, -0.15) is 0 Å². The first kappa shape index (κ1) is 19.2. The van der Waals surface area contributed by atoms with E-state index >= 15 is 0 Å². The largest absolute Gasteiger partial charge is 0.438 e. The van der Waals surface area contributed by atoms with Gasteiger partial charge >= 0.3 is 0 Å². The van der Waals surface area contributed by atoms with Crippen molar-refractivity contribution < 1.29 is 9.21 Å². The fraction of sp³-hybridized carbons (Fsp3) is 0.0435. The number of nitrogens with one attached hydrogen (secondary N) is 1. The van der Waals surface area contributed by atoms with Crippen LogP contribution in [-0.4, -0.2) is 5.91 Å². The summed E-state index contributed by atoms with van der Waals surface area (Å²) >= 11 is 12.1. The van der Waals surface area contributed by atoms with Gasteiger partial charge in [0.15, 0.2) is 0 Å². The van der Waals surface area contributed by atoms with Gasteiger partial charge in [0.05, 0.1) is 5.69 Å². The Bertz CT molecular complexity index is 1280. The van der Waals surface area contributed by atoms with Crippen LogP contribution in [0.15, 0.2) is 82.2 Å². The fourth-order valence-corrected chi connectivity index (χ4v) is 3.12. The third-order valence-corrected chi connectivity index (χ3v) is 5.05. The Morgan fingerprint density at radius 2 is 1.72 bits per heavy atom. The summed E-state index contributed by atoms with van der Waals surface area (Å²) in [6.45, 7) is 1.91. The molecule has 0 radical (unpaired) electrons. The first-order valence-electron chi connectivity index (χ1n) is 8.90. The van der Waals surface area contributed by atoms with E-state index < -0.39 is 0 Å². The van der Waals surface area contributed by atoms with Crippen molar-refractivity contribution in [2.45, 2.75) is 6.92 Å². The Morgan fingerprint density at radius 1 is 0.966 bits per heavy atom. The number of carbonyl (C=O) groups is 1. The summed E-state index contributed by atoms with van der Waals surface area (Å²) < 4.78 is 5.95. The standard InChI is InChI=1S/C23H16Cl2N2O2/c1-14-6-9-18(13-20(14)25)27-23-19(12-15-4-2-3-5-21(15)29-23)22(28)26-17-10-7-16(24)8-11-17/h2-13H,1H3,(H,26,28). The number of carbonyl (C=O) groups excluding carboxylic acids is 1. The molecule has 6 heteroatoms. The van der Waals surface area contributed by atoms with E-state index in [9.17, 15) is 4.79 Å². The number of hydrogen-bond acceptors (Lipinski definition) is 3. The smallest absolute Gasteiger partial charge is 0.261 e. The minimum atomic E-state index is -0.334. The fourth-order valence-electron chi connectivity index (χ4n) is 2.82. The van der Waals surface area contributed by atoms with E-state index in [2.05, 4.69) is 10.3 Å². The zero-order valence-corrected chi connectivity index (χ0v) is 17.0. The average Bonchev–Trinajstić information content (AvgIpc) is 2.72. The van der Waals surface area contributed by atoms with E-state index in [1.165, 1.54) is 0 Å². The monoisotopic (exact) mass is 422 g/mol. The van der Waals surface area contributed by atoms with Crippen LogP contribution in [0, 0.1) is 6.92 Å². The highest BCUT2D eigenvalue weighted by Gasteiger charge is 2.13. The number of para-hydroxylation sites is 1. The molecule has 0 aliphatic carbocycles. The minimum Gasteiger partial charge on any atom is -0.438 e. The van der Waals surface area contributed by atoms with Crippen molar-refractivity contribution in [3.05, 3.63) is 99.5 Å². The van der Waals surface area contributed by atoms with E-state index in [1.54, 1.807) is 36.4 Å². The van der Waals surface area contributed by atoms with E-state index in [-0.39, 0.29) is 11.5 Å². The Labute approximate surface area is 177 Å². The second-order valence-corrected chi connectivity index (χ2v) is 7.35. The van der Waals surface area contributed by atoms with Crippen LogP contribution in [0.4, 0.5) is 11.4 Å². The predicted octanol–water partition coefficient (Wildman–Crippen LogP) is 6.53. The van der Waals surface area contributed by atoms with Gasteiger partial charge in [0.2, 0.25) is 5.55 Å². The van der Waals surface area contributed by atoms with Crippen LogP contribution in [0.1, 0.15) is 15.9 Å². The van der Waals surface area contributed by atoms with Crippen LogP contribution in [0.3, 0.4) is 0 Å². The quantitative estimate of drug-likeness (QED) is 0.407. The summed E-state index contributed by atoms with van der Waals surface area (Å²) in [5.41, 5.74) is 3.32. The molecule has 29 heavy (non-hydrogen) atoms. The molecular formula is C23H16Cl2N2O2. The van der Waals surface area contributed by atoms with Crippen LogP contribution in [0.25, 0.3) is 11.0 Å². The number of anilines is 1. The molecule has 3 aromatic carbocycles. The van der Waals surface area contributed by atoms with Gasteiger partial charge in [0.25, 0.3) is 5.91 Å². The maximum Gasteiger partial charge on any atom is 0.261 e. The molecule has 1 heterocycles. The van der Waals surface area contributed by atoms with E-state index in [4.69, 9.17) is 27.6 Å². The summed E-state index contributed by atoms with van der Waals surface area (Å²) in [4.78, 5) is 17.5. The second-order valence-electron chi connectivity index (χ2n) is 6.51. The molecule has 0 bridgehead atoms. The molecule has 0 spiro atoms. The summed E-state index contributed by atoms with van der Waals surface area (Å²) in [6, 6.07) is 21.5. The summed E-state index contributed by atoms with van der Waals surface area (Å²) in [6.07, 6.45) is 0. The highest BCUT2D eigenvalue weighted by Crippen LogP contribution is 2.22. The maximum absolute atomic E-state index is 13.0. The van der Waals surface area contributed by atoms with Gasteiger partial charge in [0.1, 0.15) is 11.1 Å². The van der Waals surface area contributed by atoms with Gasteiger partial charge in [-0.15, -0.1) is 0 Å². The van der Waals surface area contributed by atoms with E-state index in [1.807, 2.05) is 43.3 Å². The highest BCUT2D eigenvalue weighted by molar-refractivity contribution is 6.31. The summed E-state index contributed by atoms with van der Waals surface area (Å²) in [5.74, 6) is -0.334. The van der Waals surface area contributed by atoms with Crippen LogP contribution >= 0.6 is 23.2 Å². The van der Waals surface area contributed by atoms with Crippen molar-refractivity contribution >= 4 is 51.5 Å². The molecule has 0 fully saturated rings. The lowest BCUT2D eigenvalue weighted by Crippen LogP contribution is -2.21. The number of benzene rings is 3. The van der Waals surface area contributed by atoms with Gasteiger partial charge in [-0.1, -0.05) is 47.5 Å². The zero-order valence-electron chi connectivity index (χ0n) is 15.4. The number of aryl methyl sites for hydroxylation is 1.